The number of anilines is 3. The lowest BCUT2D eigenvalue weighted by Crippen LogP contribution is -2.47. The van der Waals surface area contributed by atoms with E-state index in [1.165, 1.54) is 23.4 Å². The maximum absolute atomic E-state index is 12.6. The van der Waals surface area contributed by atoms with Crippen LogP contribution in [0.3, 0.4) is 0 Å². The predicted molar refractivity (Wildman–Crippen MR) is 152 cm³/mol. The number of nitrogens with one attached hydrogen (secondary N) is 2. The number of carboxylic acid groups (broad SMARTS) is 1. The molecule has 6 rings (SSSR count). The zero-order chi connectivity index (χ0) is 29.1. The number of aromatic nitrogens is 6. The number of amides is 2. The Hall–Kier alpha value is -5.63. The molecule has 4 heterocycles. The van der Waals surface area contributed by atoms with Gasteiger partial charge in [-0.2, -0.15) is 0 Å². The average Bonchev–Trinajstić information content (AvgIpc) is 3.46. The van der Waals surface area contributed by atoms with Crippen LogP contribution < -0.4 is 15.4 Å². The van der Waals surface area contributed by atoms with E-state index in [9.17, 15) is 14.7 Å². The fourth-order valence-electron chi connectivity index (χ4n) is 4.49. The summed E-state index contributed by atoms with van der Waals surface area (Å²) < 4.78 is 13.0. The first-order chi connectivity index (χ1) is 20.4. The van der Waals surface area contributed by atoms with E-state index in [-0.39, 0.29) is 13.2 Å². The number of ether oxygens (including phenoxy) is 2. The molecule has 0 aliphatic carbocycles. The van der Waals surface area contributed by atoms with E-state index in [4.69, 9.17) is 9.47 Å². The molecule has 42 heavy (non-hydrogen) atoms. The highest BCUT2D eigenvalue weighted by atomic mass is 16.5. The van der Waals surface area contributed by atoms with Crippen molar-refractivity contribution in [3.63, 3.8) is 0 Å². The molecule has 14 heteroatoms. The average molecular weight is 568 g/mol. The van der Waals surface area contributed by atoms with Crippen molar-refractivity contribution in [3.8, 4) is 11.6 Å². The maximum atomic E-state index is 12.6. The molecule has 0 bridgehead atoms. The number of morpholine rings is 1. The van der Waals surface area contributed by atoms with Gasteiger partial charge in [-0.15, -0.1) is 10.2 Å². The molecule has 1 saturated heterocycles. The smallest absolute Gasteiger partial charge is 0.407 e. The molecule has 2 amide bonds. The van der Waals surface area contributed by atoms with Gasteiger partial charge < -0.3 is 25.2 Å². The van der Waals surface area contributed by atoms with E-state index in [0.29, 0.717) is 46.3 Å². The number of rotatable bonds is 7. The third kappa shape index (κ3) is 5.78. The minimum absolute atomic E-state index is 0.195. The van der Waals surface area contributed by atoms with E-state index < -0.39 is 18.0 Å². The lowest BCUT2D eigenvalue weighted by molar-refractivity contribution is -0.112. The van der Waals surface area contributed by atoms with Gasteiger partial charge in [0.1, 0.15) is 30.5 Å². The van der Waals surface area contributed by atoms with Crippen molar-refractivity contribution >= 4 is 45.7 Å². The minimum atomic E-state index is -1.05. The lowest BCUT2D eigenvalue weighted by Gasteiger charge is -2.31. The summed E-state index contributed by atoms with van der Waals surface area (Å²) in [5.74, 6) is 1.18. The maximum Gasteiger partial charge on any atom is 0.407 e. The van der Waals surface area contributed by atoms with Gasteiger partial charge in [-0.05, 0) is 48.9 Å². The Labute approximate surface area is 238 Å². The number of carbonyl (C=O) groups excluding carboxylic acids is 1. The summed E-state index contributed by atoms with van der Waals surface area (Å²) >= 11 is 0. The highest BCUT2D eigenvalue weighted by Gasteiger charge is 2.25. The molecule has 1 aliphatic heterocycles. The van der Waals surface area contributed by atoms with Crippen molar-refractivity contribution in [2.75, 3.05) is 30.4 Å². The van der Waals surface area contributed by atoms with E-state index in [1.54, 1.807) is 41.3 Å². The quantitative estimate of drug-likeness (QED) is 0.245. The van der Waals surface area contributed by atoms with Crippen molar-refractivity contribution in [3.05, 3.63) is 79.2 Å². The summed E-state index contributed by atoms with van der Waals surface area (Å²) in [4.78, 5) is 38.3. The second-order valence-electron chi connectivity index (χ2n) is 9.45. The van der Waals surface area contributed by atoms with Crippen molar-refractivity contribution in [2.45, 2.75) is 13.0 Å². The minimum Gasteiger partial charge on any atom is -0.465 e. The van der Waals surface area contributed by atoms with Crippen LogP contribution in [0.5, 0.6) is 11.6 Å². The summed E-state index contributed by atoms with van der Waals surface area (Å²) in [5, 5.41) is 24.0. The Morgan fingerprint density at radius 1 is 1.10 bits per heavy atom. The van der Waals surface area contributed by atoms with Gasteiger partial charge in [0.2, 0.25) is 11.8 Å². The van der Waals surface area contributed by atoms with Crippen LogP contribution in [0.4, 0.5) is 22.0 Å². The van der Waals surface area contributed by atoms with Gasteiger partial charge in [-0.25, -0.2) is 19.7 Å². The molecule has 0 radical (unpaired) electrons. The molecule has 2 aromatic carbocycles. The number of hydrogen-bond donors (Lipinski definition) is 3. The first-order valence-electron chi connectivity index (χ1n) is 12.9. The fraction of sp³-hybridized carbons (Fsp3) is 0.179. The summed E-state index contributed by atoms with van der Waals surface area (Å²) in [5.41, 5.74) is 3.48. The highest BCUT2D eigenvalue weighted by Crippen LogP contribution is 2.30. The van der Waals surface area contributed by atoms with Crippen molar-refractivity contribution < 1.29 is 24.2 Å². The highest BCUT2D eigenvalue weighted by molar-refractivity contribution is 6.02. The van der Waals surface area contributed by atoms with Crippen LogP contribution >= 0.6 is 0 Å². The van der Waals surface area contributed by atoms with Crippen molar-refractivity contribution in [1.82, 2.24) is 34.4 Å². The van der Waals surface area contributed by atoms with Crippen LogP contribution in [0.2, 0.25) is 0 Å². The Kier molecular flexibility index (Phi) is 7.26. The second-order valence-corrected chi connectivity index (χ2v) is 9.45. The molecule has 14 nitrogen and oxygen atoms in total. The van der Waals surface area contributed by atoms with Gasteiger partial charge in [0.05, 0.1) is 24.8 Å². The lowest BCUT2D eigenvalue weighted by atomic mass is 10.1. The van der Waals surface area contributed by atoms with Crippen LogP contribution in [0.1, 0.15) is 5.56 Å². The monoisotopic (exact) mass is 567 g/mol. The van der Waals surface area contributed by atoms with Gasteiger partial charge in [0.25, 0.3) is 0 Å². The van der Waals surface area contributed by atoms with Gasteiger partial charge in [-0.1, -0.05) is 6.08 Å². The van der Waals surface area contributed by atoms with E-state index in [0.717, 1.165) is 11.3 Å². The third-order valence-electron chi connectivity index (χ3n) is 6.60. The van der Waals surface area contributed by atoms with Crippen LogP contribution in [0, 0.1) is 6.92 Å². The van der Waals surface area contributed by atoms with E-state index in [2.05, 4.69) is 35.8 Å². The van der Waals surface area contributed by atoms with E-state index >= 15 is 0 Å². The standard InChI is InChI=1S/C28H25N9O5/c1-17-10-18(3-6-23(17)42-26-12-24-35-32-16-36(24)15-31-26)34-27-21-11-19(2-5-22(21)29-14-30-27)33-25(38)7-4-20-13-41-9-8-37(20)28(39)40/h2-7,10-12,14-16,20H,8-9,13H2,1H3,(H,33,38)(H,39,40)(H,29,30,34)/b7-4+. The first kappa shape index (κ1) is 26.6. The van der Waals surface area contributed by atoms with Crippen LogP contribution in [-0.2, 0) is 9.53 Å². The van der Waals surface area contributed by atoms with Crippen LogP contribution in [0.15, 0.2) is 73.6 Å². The molecule has 3 N–H and O–H groups in total. The van der Waals surface area contributed by atoms with E-state index in [1.807, 2.05) is 25.1 Å². The zero-order valence-electron chi connectivity index (χ0n) is 22.3. The number of nitrogens with zero attached hydrogens (tertiary/aromatic N) is 7. The molecular formula is C28H25N9O5. The molecule has 0 spiro atoms. The molecule has 212 valence electrons. The van der Waals surface area contributed by atoms with Gasteiger partial charge in [-0.3, -0.25) is 14.1 Å². The Morgan fingerprint density at radius 3 is 2.83 bits per heavy atom. The largest absolute Gasteiger partial charge is 0.465 e. The number of aryl methyl sites for hydroxylation is 1. The summed E-state index contributed by atoms with van der Waals surface area (Å²) in [6.45, 7) is 2.69. The topological polar surface area (TPSA) is 169 Å². The number of carbonyl (C=O) groups is 2. The molecule has 5 aromatic rings. The van der Waals surface area contributed by atoms with Gasteiger partial charge in [0, 0.05) is 35.4 Å². The second kappa shape index (κ2) is 11.5. The normalized spacial score (nSPS) is 15.3. The molecular weight excluding hydrogens is 542 g/mol. The molecule has 0 saturated carbocycles. The Morgan fingerprint density at radius 2 is 1.98 bits per heavy atom. The Balaban J connectivity index is 1.16. The summed E-state index contributed by atoms with van der Waals surface area (Å²) in [7, 11) is 0. The Bertz CT molecular complexity index is 1820. The number of benzene rings is 2. The zero-order valence-corrected chi connectivity index (χ0v) is 22.3. The third-order valence-corrected chi connectivity index (χ3v) is 6.60. The number of fused-ring (bicyclic) bond motifs is 2. The van der Waals surface area contributed by atoms with Gasteiger partial charge >= 0.3 is 6.09 Å². The molecule has 1 unspecified atom stereocenters. The summed E-state index contributed by atoms with van der Waals surface area (Å²) in [6.07, 6.45) is 6.39. The summed E-state index contributed by atoms with van der Waals surface area (Å²) in [6, 6.07) is 12.1. The van der Waals surface area contributed by atoms with Crippen LogP contribution in [0.25, 0.3) is 16.6 Å². The molecule has 1 atom stereocenters. The van der Waals surface area contributed by atoms with Crippen LogP contribution in [-0.4, -0.2) is 77.4 Å². The van der Waals surface area contributed by atoms with Crippen molar-refractivity contribution in [1.29, 1.82) is 0 Å². The predicted octanol–water partition coefficient (Wildman–Crippen LogP) is 3.79. The molecule has 1 aliphatic rings. The van der Waals surface area contributed by atoms with Gasteiger partial charge in [0.15, 0.2) is 5.65 Å². The molecule has 3 aromatic heterocycles. The van der Waals surface area contributed by atoms with Crippen molar-refractivity contribution in [2.24, 2.45) is 0 Å². The fourth-order valence-corrected chi connectivity index (χ4v) is 4.49. The first-order valence-corrected chi connectivity index (χ1v) is 12.9. The number of hydrogen-bond acceptors (Lipinski definition) is 10. The SMILES string of the molecule is Cc1cc(Nc2ncnc3ccc(NC(=O)/C=C/C4COCCN4C(=O)O)cc23)ccc1Oc1cc2nncn2cn1. The molecule has 1 fully saturated rings.